The van der Waals surface area contributed by atoms with Crippen molar-refractivity contribution in [2.75, 3.05) is 0 Å². The maximum Gasteiger partial charge on any atom is 0.279 e. The van der Waals surface area contributed by atoms with Crippen molar-refractivity contribution in [2.24, 2.45) is 0 Å². The second kappa shape index (κ2) is 9.78. The molecule has 156 valence electrons. The van der Waals surface area contributed by atoms with E-state index in [9.17, 15) is 9.59 Å². The summed E-state index contributed by atoms with van der Waals surface area (Å²) in [5, 5.41) is 2.11. The van der Waals surface area contributed by atoms with Crippen LogP contribution in [0.2, 0.25) is 0 Å². The average Bonchev–Trinajstić information content (AvgIpc) is 2.76. The van der Waals surface area contributed by atoms with Crippen LogP contribution < -0.4 is 20.3 Å². The van der Waals surface area contributed by atoms with E-state index in [2.05, 4.69) is 10.9 Å². The van der Waals surface area contributed by atoms with Gasteiger partial charge in [0, 0.05) is 0 Å². The molecule has 2 atom stereocenters. The molecule has 0 bridgehead atoms. The zero-order valence-corrected chi connectivity index (χ0v) is 17.3. The van der Waals surface area contributed by atoms with E-state index in [1.54, 1.807) is 6.92 Å². The predicted octanol–water partition coefficient (Wildman–Crippen LogP) is 3.92. The van der Waals surface area contributed by atoms with Gasteiger partial charge in [0.1, 0.15) is 11.5 Å². The quantitative estimate of drug-likeness (QED) is 0.583. The highest BCUT2D eigenvalue weighted by Crippen LogP contribution is 2.21. The molecule has 0 fully saturated rings. The van der Waals surface area contributed by atoms with Gasteiger partial charge >= 0.3 is 0 Å². The summed E-state index contributed by atoms with van der Waals surface area (Å²) in [6.45, 7) is 5.38. The van der Waals surface area contributed by atoms with Crippen molar-refractivity contribution >= 4 is 22.6 Å². The van der Waals surface area contributed by atoms with Crippen LogP contribution >= 0.6 is 0 Å². The third-order valence-electron chi connectivity index (χ3n) is 4.74. The predicted molar refractivity (Wildman–Crippen MR) is 116 cm³/mol. The molecular formula is C24H26N2O4. The number of aryl methyl sites for hydroxylation is 1. The van der Waals surface area contributed by atoms with Crippen LogP contribution in [0.3, 0.4) is 0 Å². The Morgan fingerprint density at radius 2 is 1.53 bits per heavy atom. The van der Waals surface area contributed by atoms with Gasteiger partial charge in [-0.3, -0.25) is 20.4 Å². The lowest BCUT2D eigenvalue weighted by Gasteiger charge is -2.20. The molecule has 3 aromatic carbocycles. The number of hydrogen-bond acceptors (Lipinski definition) is 4. The third-order valence-corrected chi connectivity index (χ3v) is 4.74. The molecule has 0 radical (unpaired) electrons. The van der Waals surface area contributed by atoms with Crippen LogP contribution in [-0.2, 0) is 9.59 Å². The summed E-state index contributed by atoms with van der Waals surface area (Å²) in [6, 6.07) is 21.0. The van der Waals surface area contributed by atoms with Crippen molar-refractivity contribution in [1.82, 2.24) is 10.9 Å². The SMILES string of the molecule is CC[C@@H](Oc1ccccc1C)C(=O)NNC(=O)[C@@H](C)Oc1ccc2ccccc2c1. The molecule has 0 aliphatic heterocycles. The lowest BCUT2D eigenvalue weighted by atomic mass is 10.1. The van der Waals surface area contributed by atoms with E-state index >= 15 is 0 Å². The summed E-state index contributed by atoms with van der Waals surface area (Å²) in [5.41, 5.74) is 5.77. The first-order valence-electron chi connectivity index (χ1n) is 9.95. The van der Waals surface area contributed by atoms with Crippen LogP contribution in [-0.4, -0.2) is 24.0 Å². The van der Waals surface area contributed by atoms with Gasteiger partial charge in [-0.25, -0.2) is 0 Å². The lowest BCUT2D eigenvalue weighted by Crippen LogP contribution is -2.51. The van der Waals surface area contributed by atoms with Crippen LogP contribution in [0.4, 0.5) is 0 Å². The highest BCUT2D eigenvalue weighted by Gasteiger charge is 2.21. The number of fused-ring (bicyclic) bond motifs is 1. The highest BCUT2D eigenvalue weighted by atomic mass is 16.5. The summed E-state index contributed by atoms with van der Waals surface area (Å²) in [7, 11) is 0. The van der Waals surface area contributed by atoms with Gasteiger partial charge in [-0.1, -0.05) is 55.5 Å². The molecule has 6 nitrogen and oxygen atoms in total. The number of nitrogens with one attached hydrogen (secondary N) is 2. The maximum atomic E-state index is 12.4. The molecule has 6 heteroatoms. The molecule has 0 spiro atoms. The van der Waals surface area contributed by atoms with Gasteiger partial charge < -0.3 is 9.47 Å². The molecule has 0 aliphatic rings. The number of carbonyl (C=O) groups is 2. The van der Waals surface area contributed by atoms with E-state index in [0.717, 1.165) is 16.3 Å². The van der Waals surface area contributed by atoms with Crippen molar-refractivity contribution in [3.8, 4) is 11.5 Å². The lowest BCUT2D eigenvalue weighted by molar-refractivity contribution is -0.135. The van der Waals surface area contributed by atoms with Crippen molar-refractivity contribution < 1.29 is 19.1 Å². The fraction of sp³-hybridized carbons (Fsp3) is 0.250. The second-order valence-electron chi connectivity index (χ2n) is 7.03. The minimum absolute atomic E-state index is 0.424. The van der Waals surface area contributed by atoms with Crippen molar-refractivity contribution in [1.29, 1.82) is 0 Å². The standard InChI is InChI=1S/C24H26N2O4/c1-4-21(30-22-12-8-5-9-16(22)2)24(28)26-25-23(27)17(3)29-20-14-13-18-10-6-7-11-19(18)15-20/h5-15,17,21H,4H2,1-3H3,(H,25,27)(H,26,28)/t17-,21-/m1/s1. The molecule has 0 aromatic heterocycles. The molecule has 0 saturated heterocycles. The van der Waals surface area contributed by atoms with Gasteiger partial charge in [-0.15, -0.1) is 0 Å². The second-order valence-corrected chi connectivity index (χ2v) is 7.03. The summed E-state index contributed by atoms with van der Waals surface area (Å²) < 4.78 is 11.5. The number of para-hydroxylation sites is 1. The Bertz CT molecular complexity index is 1030. The summed E-state index contributed by atoms with van der Waals surface area (Å²) in [6.07, 6.45) is -1.05. The van der Waals surface area contributed by atoms with Crippen LogP contribution in [0.15, 0.2) is 66.7 Å². The number of rotatable bonds is 7. The molecular weight excluding hydrogens is 380 g/mol. The molecule has 3 aromatic rings. The Kier molecular flexibility index (Phi) is 6.91. The topological polar surface area (TPSA) is 76.7 Å². The molecule has 30 heavy (non-hydrogen) atoms. The minimum atomic E-state index is -0.788. The number of hydrazine groups is 1. The number of amides is 2. The van der Waals surface area contributed by atoms with Gasteiger partial charge in [-0.2, -0.15) is 0 Å². The number of hydrogen-bond donors (Lipinski definition) is 2. The van der Waals surface area contributed by atoms with Crippen LogP contribution in [0.1, 0.15) is 25.8 Å². The minimum Gasteiger partial charge on any atom is -0.481 e. The average molecular weight is 406 g/mol. The monoisotopic (exact) mass is 406 g/mol. The Balaban J connectivity index is 1.53. The number of ether oxygens (including phenoxy) is 2. The van der Waals surface area contributed by atoms with Crippen molar-refractivity contribution in [2.45, 2.75) is 39.4 Å². The van der Waals surface area contributed by atoms with E-state index in [4.69, 9.17) is 9.47 Å². The molecule has 0 saturated carbocycles. The van der Waals surface area contributed by atoms with Gasteiger partial charge in [-0.05, 0) is 54.8 Å². The largest absolute Gasteiger partial charge is 0.481 e. The zero-order chi connectivity index (χ0) is 21.5. The van der Waals surface area contributed by atoms with Gasteiger partial charge in [0.2, 0.25) is 0 Å². The van der Waals surface area contributed by atoms with E-state index in [-0.39, 0.29) is 0 Å². The first-order valence-corrected chi connectivity index (χ1v) is 9.95. The van der Waals surface area contributed by atoms with Gasteiger partial charge in [0.05, 0.1) is 0 Å². The normalized spacial score (nSPS) is 12.6. The van der Waals surface area contributed by atoms with Crippen molar-refractivity contribution in [3.05, 3.63) is 72.3 Å². The zero-order valence-electron chi connectivity index (χ0n) is 17.3. The van der Waals surface area contributed by atoms with Crippen LogP contribution in [0.5, 0.6) is 11.5 Å². The fourth-order valence-electron chi connectivity index (χ4n) is 2.97. The van der Waals surface area contributed by atoms with Crippen molar-refractivity contribution in [3.63, 3.8) is 0 Å². The molecule has 2 N–H and O–H groups in total. The maximum absolute atomic E-state index is 12.4. The number of carbonyl (C=O) groups excluding carboxylic acids is 2. The van der Waals surface area contributed by atoms with Gasteiger partial charge in [0.25, 0.3) is 11.8 Å². The highest BCUT2D eigenvalue weighted by molar-refractivity contribution is 5.87. The Labute approximate surface area is 176 Å². The first-order chi connectivity index (χ1) is 14.5. The number of benzene rings is 3. The van der Waals surface area contributed by atoms with Crippen LogP contribution in [0, 0.1) is 6.92 Å². The molecule has 3 rings (SSSR count). The van der Waals surface area contributed by atoms with E-state index in [1.807, 2.05) is 80.6 Å². The Hall–Kier alpha value is -3.54. The summed E-state index contributed by atoms with van der Waals surface area (Å²) in [5.74, 6) is 0.338. The molecule has 0 aliphatic carbocycles. The first kappa shape index (κ1) is 21.2. The summed E-state index contributed by atoms with van der Waals surface area (Å²) in [4.78, 5) is 24.8. The van der Waals surface area contributed by atoms with Crippen LogP contribution in [0.25, 0.3) is 10.8 Å². The fourth-order valence-corrected chi connectivity index (χ4v) is 2.97. The third kappa shape index (κ3) is 5.29. The molecule has 0 heterocycles. The molecule has 2 amide bonds. The van der Waals surface area contributed by atoms with E-state index in [0.29, 0.717) is 17.9 Å². The smallest absolute Gasteiger partial charge is 0.279 e. The van der Waals surface area contributed by atoms with E-state index in [1.165, 1.54) is 0 Å². The summed E-state index contributed by atoms with van der Waals surface area (Å²) >= 11 is 0. The van der Waals surface area contributed by atoms with E-state index < -0.39 is 24.0 Å². The molecule has 0 unspecified atom stereocenters. The Morgan fingerprint density at radius 3 is 2.27 bits per heavy atom. The van der Waals surface area contributed by atoms with Gasteiger partial charge in [0.15, 0.2) is 12.2 Å². The Morgan fingerprint density at radius 1 is 0.867 bits per heavy atom.